The molecule has 1 aliphatic rings. The topological polar surface area (TPSA) is 59.0 Å². The van der Waals surface area contributed by atoms with E-state index < -0.39 is 0 Å². The van der Waals surface area contributed by atoms with Crippen molar-refractivity contribution in [3.63, 3.8) is 0 Å². The first-order valence-corrected chi connectivity index (χ1v) is 6.99. The summed E-state index contributed by atoms with van der Waals surface area (Å²) in [6.07, 6.45) is 2.08. The summed E-state index contributed by atoms with van der Waals surface area (Å²) in [5.74, 6) is 0.730. The maximum absolute atomic E-state index is 12.1. The van der Waals surface area contributed by atoms with E-state index in [1.54, 1.807) is 0 Å². The van der Waals surface area contributed by atoms with Crippen molar-refractivity contribution >= 4 is 5.91 Å². The molecule has 2 unspecified atom stereocenters. The third-order valence-corrected chi connectivity index (χ3v) is 4.08. The quantitative estimate of drug-likeness (QED) is 0.857. The van der Waals surface area contributed by atoms with Crippen molar-refractivity contribution in [1.29, 1.82) is 0 Å². The highest BCUT2D eigenvalue weighted by atomic mass is 16.2. The lowest BCUT2D eigenvalue weighted by atomic mass is 9.94. The van der Waals surface area contributed by atoms with Crippen molar-refractivity contribution in [1.82, 2.24) is 20.4 Å². The number of hydrogen-bond acceptors (Lipinski definition) is 3. The summed E-state index contributed by atoms with van der Waals surface area (Å²) in [4.78, 5) is 12.1. The van der Waals surface area contributed by atoms with Crippen LogP contribution in [0.3, 0.4) is 0 Å². The Morgan fingerprint density at radius 3 is 2.84 bits per heavy atom. The van der Waals surface area contributed by atoms with Gasteiger partial charge >= 0.3 is 0 Å². The van der Waals surface area contributed by atoms with Crippen molar-refractivity contribution < 1.29 is 4.79 Å². The summed E-state index contributed by atoms with van der Waals surface area (Å²) in [6, 6.07) is -0.0407. The number of carbonyl (C=O) groups is 1. The Kier molecular flexibility index (Phi) is 4.24. The molecule has 0 aromatic carbocycles. The highest BCUT2D eigenvalue weighted by molar-refractivity contribution is 5.81. The molecule has 0 saturated carbocycles. The van der Waals surface area contributed by atoms with Gasteiger partial charge in [0.05, 0.1) is 11.7 Å². The number of nitrogens with zero attached hydrogens (tertiary/aromatic N) is 2. The summed E-state index contributed by atoms with van der Waals surface area (Å²) in [7, 11) is 1.93. The minimum Gasteiger partial charge on any atom is -0.351 e. The third kappa shape index (κ3) is 3.15. The SMILES string of the molecule is Cc1nn(C)c(C)c1CNC(=O)C1CC(C)CCN1. The molecule has 0 aliphatic carbocycles. The Morgan fingerprint density at radius 1 is 1.53 bits per heavy atom. The minimum atomic E-state index is -0.0407. The average molecular weight is 264 g/mol. The highest BCUT2D eigenvalue weighted by Crippen LogP contribution is 2.16. The molecule has 1 aromatic heterocycles. The van der Waals surface area contributed by atoms with Crippen molar-refractivity contribution in [3.8, 4) is 0 Å². The molecule has 19 heavy (non-hydrogen) atoms. The zero-order valence-electron chi connectivity index (χ0n) is 12.3. The lowest BCUT2D eigenvalue weighted by Crippen LogP contribution is -2.48. The van der Waals surface area contributed by atoms with E-state index in [4.69, 9.17) is 0 Å². The maximum atomic E-state index is 12.1. The van der Waals surface area contributed by atoms with Gasteiger partial charge in [0.15, 0.2) is 0 Å². The molecule has 2 N–H and O–H groups in total. The molecule has 106 valence electrons. The number of aromatic nitrogens is 2. The molecule has 0 radical (unpaired) electrons. The van der Waals surface area contributed by atoms with Gasteiger partial charge in [-0.15, -0.1) is 0 Å². The average Bonchev–Trinajstić information content (AvgIpc) is 2.61. The van der Waals surface area contributed by atoms with Crippen LogP contribution in [0.1, 0.15) is 36.7 Å². The van der Waals surface area contributed by atoms with Crippen molar-refractivity contribution in [2.75, 3.05) is 6.54 Å². The summed E-state index contributed by atoms with van der Waals surface area (Å²) < 4.78 is 1.86. The molecule has 1 saturated heterocycles. The van der Waals surface area contributed by atoms with Gasteiger partial charge in [0.25, 0.3) is 0 Å². The van der Waals surface area contributed by atoms with Gasteiger partial charge in [0.1, 0.15) is 0 Å². The van der Waals surface area contributed by atoms with Gasteiger partial charge in [-0.1, -0.05) is 6.92 Å². The van der Waals surface area contributed by atoms with Crippen LogP contribution in [-0.2, 0) is 18.4 Å². The van der Waals surface area contributed by atoms with Crippen LogP contribution in [0.5, 0.6) is 0 Å². The van der Waals surface area contributed by atoms with Gasteiger partial charge in [0.2, 0.25) is 5.91 Å². The number of rotatable bonds is 3. The molecule has 5 nitrogen and oxygen atoms in total. The lowest BCUT2D eigenvalue weighted by molar-refractivity contribution is -0.124. The predicted molar refractivity (Wildman–Crippen MR) is 74.7 cm³/mol. The second-order valence-corrected chi connectivity index (χ2v) is 5.63. The number of nitrogens with one attached hydrogen (secondary N) is 2. The molecule has 1 amide bonds. The first-order valence-electron chi connectivity index (χ1n) is 6.99. The van der Waals surface area contributed by atoms with Gasteiger partial charge < -0.3 is 10.6 Å². The molecule has 0 spiro atoms. The van der Waals surface area contributed by atoms with Crippen LogP contribution in [0.15, 0.2) is 0 Å². The van der Waals surface area contributed by atoms with Gasteiger partial charge in [-0.05, 0) is 39.2 Å². The molecule has 1 aromatic rings. The van der Waals surface area contributed by atoms with E-state index in [9.17, 15) is 4.79 Å². The molecule has 2 heterocycles. The Bertz CT molecular complexity index is 466. The zero-order valence-corrected chi connectivity index (χ0v) is 12.3. The van der Waals surface area contributed by atoms with Crippen LogP contribution in [-0.4, -0.2) is 28.3 Å². The zero-order chi connectivity index (χ0) is 14.0. The second-order valence-electron chi connectivity index (χ2n) is 5.63. The van der Waals surface area contributed by atoms with E-state index in [1.165, 1.54) is 0 Å². The monoisotopic (exact) mass is 264 g/mol. The number of piperidine rings is 1. The third-order valence-electron chi connectivity index (χ3n) is 4.08. The van der Waals surface area contributed by atoms with Crippen LogP contribution in [0.25, 0.3) is 0 Å². The molecular weight excluding hydrogens is 240 g/mol. The Morgan fingerprint density at radius 2 is 2.26 bits per heavy atom. The number of amides is 1. The van der Waals surface area contributed by atoms with E-state index in [0.29, 0.717) is 12.5 Å². The van der Waals surface area contributed by atoms with Gasteiger partial charge in [-0.3, -0.25) is 9.48 Å². The highest BCUT2D eigenvalue weighted by Gasteiger charge is 2.24. The molecule has 2 rings (SSSR count). The number of carbonyl (C=O) groups excluding carboxylic acids is 1. The summed E-state index contributed by atoms with van der Waals surface area (Å²) in [5, 5.41) is 10.7. The van der Waals surface area contributed by atoms with Gasteiger partial charge in [-0.2, -0.15) is 5.10 Å². The number of aryl methyl sites for hydroxylation is 2. The molecule has 2 atom stereocenters. The first-order chi connectivity index (χ1) is 8.99. The van der Waals surface area contributed by atoms with E-state index >= 15 is 0 Å². The maximum Gasteiger partial charge on any atom is 0.237 e. The fourth-order valence-electron chi connectivity index (χ4n) is 2.68. The Hall–Kier alpha value is -1.36. The molecular formula is C14H24N4O. The van der Waals surface area contributed by atoms with Crippen molar-refractivity contribution in [3.05, 3.63) is 17.0 Å². The van der Waals surface area contributed by atoms with Gasteiger partial charge in [0, 0.05) is 24.8 Å². The Labute approximate surface area is 114 Å². The summed E-state index contributed by atoms with van der Waals surface area (Å²) in [5.41, 5.74) is 3.23. The van der Waals surface area contributed by atoms with Crippen molar-refractivity contribution in [2.45, 2.75) is 46.2 Å². The van der Waals surface area contributed by atoms with Crippen LogP contribution < -0.4 is 10.6 Å². The van der Waals surface area contributed by atoms with Crippen LogP contribution in [0.2, 0.25) is 0 Å². The van der Waals surface area contributed by atoms with E-state index in [1.807, 2.05) is 25.6 Å². The van der Waals surface area contributed by atoms with E-state index in [0.717, 1.165) is 36.3 Å². The van der Waals surface area contributed by atoms with Gasteiger partial charge in [-0.25, -0.2) is 0 Å². The van der Waals surface area contributed by atoms with E-state index in [-0.39, 0.29) is 11.9 Å². The van der Waals surface area contributed by atoms with E-state index in [2.05, 4.69) is 22.7 Å². The largest absolute Gasteiger partial charge is 0.351 e. The second kappa shape index (κ2) is 5.74. The normalized spacial score (nSPS) is 23.4. The fourth-order valence-corrected chi connectivity index (χ4v) is 2.68. The molecule has 0 bridgehead atoms. The summed E-state index contributed by atoms with van der Waals surface area (Å²) in [6.45, 7) is 7.72. The smallest absolute Gasteiger partial charge is 0.237 e. The Balaban J connectivity index is 1.93. The molecule has 5 heteroatoms. The van der Waals surface area contributed by atoms with Crippen LogP contribution in [0, 0.1) is 19.8 Å². The molecule has 1 fully saturated rings. The minimum absolute atomic E-state index is 0.0407. The van der Waals surface area contributed by atoms with Crippen LogP contribution in [0.4, 0.5) is 0 Å². The van der Waals surface area contributed by atoms with Crippen molar-refractivity contribution in [2.24, 2.45) is 13.0 Å². The standard InChI is InChI=1S/C14H24N4O/c1-9-5-6-15-13(7-9)14(19)16-8-12-10(2)17-18(4)11(12)3/h9,13,15H,5-8H2,1-4H3,(H,16,19). The first kappa shape index (κ1) is 14.1. The lowest BCUT2D eigenvalue weighted by Gasteiger charge is -2.27. The molecule has 1 aliphatic heterocycles. The predicted octanol–water partition coefficient (Wildman–Crippen LogP) is 1.04. The van der Waals surface area contributed by atoms with Crippen LogP contribution >= 0.6 is 0 Å². The number of hydrogen-bond donors (Lipinski definition) is 2. The summed E-state index contributed by atoms with van der Waals surface area (Å²) >= 11 is 0. The fraction of sp³-hybridized carbons (Fsp3) is 0.714.